The van der Waals surface area contributed by atoms with Crippen LogP contribution in [0.1, 0.15) is 6.92 Å². The van der Waals surface area contributed by atoms with Crippen LogP contribution in [0.2, 0.25) is 14.8 Å². The summed E-state index contributed by atoms with van der Waals surface area (Å²) in [6.07, 6.45) is 0. The van der Waals surface area contributed by atoms with Gasteiger partial charge in [0.25, 0.3) is 0 Å². The average molecular weight is 309 g/mol. The number of aryl methyl sites for hydroxylation is 1. The van der Waals surface area contributed by atoms with Crippen LogP contribution in [0.4, 0.5) is 0 Å². The average Bonchev–Trinajstić information content (AvgIpc) is 2.55. The van der Waals surface area contributed by atoms with Gasteiger partial charge in [0.15, 0.2) is 0 Å². The van der Waals surface area contributed by atoms with Crippen LogP contribution < -0.4 is 3.71 Å². The number of hydrogen-bond acceptors (Lipinski definition) is 1. The van der Waals surface area contributed by atoms with Gasteiger partial charge in [-0.05, 0) is 0 Å². The molecule has 0 fully saturated rings. The van der Waals surface area contributed by atoms with Gasteiger partial charge in [-0.1, -0.05) is 0 Å². The van der Waals surface area contributed by atoms with Gasteiger partial charge < -0.3 is 0 Å². The number of rotatable bonds is 2. The zero-order valence-corrected chi connectivity index (χ0v) is 12.8. The van der Waals surface area contributed by atoms with E-state index >= 15 is 0 Å². The molecule has 15 heavy (non-hydrogen) atoms. The van der Waals surface area contributed by atoms with Gasteiger partial charge in [-0.15, -0.1) is 0 Å². The Morgan fingerprint density at radius 3 is 2.47 bits per heavy atom. The van der Waals surface area contributed by atoms with Gasteiger partial charge in [0.2, 0.25) is 0 Å². The number of hydrogen-bond donors (Lipinski definition) is 0. The van der Waals surface area contributed by atoms with Gasteiger partial charge in [-0.25, -0.2) is 0 Å². The number of fused-ring (bicyclic) bond motifs is 1. The fraction of sp³-hybridized carbons (Fsp3) is 0.417. The molecular weight excluding hydrogens is 291 g/mol. The molecule has 0 radical (unpaired) electrons. The summed E-state index contributed by atoms with van der Waals surface area (Å²) in [6.45, 7) is 3.11. The molecule has 0 aliphatic rings. The van der Waals surface area contributed by atoms with Crippen molar-refractivity contribution in [2.75, 3.05) is 0 Å². The third-order valence-corrected chi connectivity index (χ3v) is 7.78. The van der Waals surface area contributed by atoms with Crippen molar-refractivity contribution in [1.82, 2.24) is 9.78 Å². The van der Waals surface area contributed by atoms with E-state index in [1.807, 2.05) is 0 Å². The molecule has 2 aromatic rings. The van der Waals surface area contributed by atoms with Crippen molar-refractivity contribution in [3.8, 4) is 0 Å². The summed E-state index contributed by atoms with van der Waals surface area (Å²) >= 11 is -2.06. The Bertz CT molecular complexity index is 480. The molecular formula is C12H18N2Sn. The molecule has 2 rings (SSSR count). The number of nitrogens with zero attached hydrogens (tertiary/aromatic N) is 2. The van der Waals surface area contributed by atoms with E-state index in [-0.39, 0.29) is 0 Å². The van der Waals surface area contributed by atoms with Gasteiger partial charge in [0, 0.05) is 0 Å². The molecule has 0 aliphatic heterocycles. The molecule has 2 nitrogen and oxygen atoms in total. The Hall–Kier alpha value is -0.511. The first-order valence-electron chi connectivity index (χ1n) is 5.50. The molecule has 0 amide bonds. The summed E-state index contributed by atoms with van der Waals surface area (Å²) in [4.78, 5) is 7.26. The summed E-state index contributed by atoms with van der Waals surface area (Å²) in [7, 11) is 0. The van der Waals surface area contributed by atoms with E-state index in [2.05, 4.69) is 50.7 Å². The van der Waals surface area contributed by atoms with Crippen molar-refractivity contribution in [3.05, 3.63) is 24.3 Å². The maximum absolute atomic E-state index is 4.79. The third-order valence-electron chi connectivity index (χ3n) is 2.67. The molecule has 0 unspecified atom stereocenters. The molecule has 1 aromatic heterocycles. The van der Waals surface area contributed by atoms with E-state index in [0.29, 0.717) is 0 Å². The summed E-state index contributed by atoms with van der Waals surface area (Å²) < 4.78 is 3.54. The zero-order chi connectivity index (χ0) is 11.1. The quantitative estimate of drug-likeness (QED) is 0.780. The Morgan fingerprint density at radius 1 is 1.20 bits per heavy atom. The molecule has 0 spiro atoms. The van der Waals surface area contributed by atoms with E-state index in [1.165, 1.54) is 14.6 Å². The first kappa shape index (κ1) is 11.0. The van der Waals surface area contributed by atoms with Crippen molar-refractivity contribution >= 4 is 33.0 Å². The van der Waals surface area contributed by atoms with Gasteiger partial charge in [-0.3, -0.25) is 0 Å². The second kappa shape index (κ2) is 3.81. The van der Waals surface area contributed by atoms with E-state index in [1.54, 1.807) is 0 Å². The number of benzene rings is 1. The minimum atomic E-state index is -2.06. The predicted octanol–water partition coefficient (Wildman–Crippen LogP) is 2.60. The van der Waals surface area contributed by atoms with Gasteiger partial charge in [-0.2, -0.15) is 0 Å². The molecule has 3 heteroatoms. The second-order valence-electron chi connectivity index (χ2n) is 4.93. The Kier molecular flexibility index (Phi) is 2.79. The number of para-hydroxylation sites is 1. The van der Waals surface area contributed by atoms with Crippen molar-refractivity contribution in [1.29, 1.82) is 0 Å². The molecule has 80 valence electrons. The summed E-state index contributed by atoms with van der Waals surface area (Å²) in [5, 5.41) is 6.17. The van der Waals surface area contributed by atoms with Crippen molar-refractivity contribution in [2.45, 2.75) is 28.3 Å². The van der Waals surface area contributed by atoms with Crippen LogP contribution in [-0.2, 0) is 6.54 Å². The van der Waals surface area contributed by atoms with Gasteiger partial charge in [0.05, 0.1) is 0 Å². The summed E-state index contributed by atoms with van der Waals surface area (Å²) in [6, 6.07) is 8.60. The zero-order valence-electron chi connectivity index (χ0n) is 9.91. The van der Waals surface area contributed by atoms with E-state index < -0.39 is 18.4 Å². The predicted molar refractivity (Wildman–Crippen MR) is 68.4 cm³/mol. The van der Waals surface area contributed by atoms with Crippen LogP contribution >= 0.6 is 0 Å². The van der Waals surface area contributed by atoms with Crippen molar-refractivity contribution < 1.29 is 0 Å². The van der Waals surface area contributed by atoms with E-state index in [9.17, 15) is 0 Å². The Balaban J connectivity index is 2.76. The molecule has 0 N–H and O–H groups in total. The Morgan fingerprint density at radius 2 is 1.87 bits per heavy atom. The molecule has 1 aromatic carbocycles. The first-order valence-corrected chi connectivity index (χ1v) is 15.5. The standard InChI is InChI=1S/C9H9N2.3CH3.Sn/c1-2-11-9-6-4-3-5-8(9)7-10-11;;;;/h3-6H,2H2,1H3;3*1H3;. The van der Waals surface area contributed by atoms with Crippen LogP contribution in [0.5, 0.6) is 0 Å². The maximum atomic E-state index is 4.79. The summed E-state index contributed by atoms with van der Waals surface area (Å²) in [5.41, 5.74) is 1.29. The molecule has 0 saturated heterocycles. The molecule has 1 heterocycles. The SMILES string of the molecule is CCn1n[c]([Sn]([CH3])([CH3])[CH3])c2ccccc21. The molecule has 0 atom stereocenters. The third kappa shape index (κ3) is 1.92. The van der Waals surface area contributed by atoms with Gasteiger partial charge >= 0.3 is 95.3 Å². The number of aromatic nitrogens is 2. The fourth-order valence-corrected chi connectivity index (χ4v) is 6.03. The van der Waals surface area contributed by atoms with Gasteiger partial charge in [0.1, 0.15) is 0 Å². The van der Waals surface area contributed by atoms with E-state index in [4.69, 9.17) is 5.10 Å². The van der Waals surface area contributed by atoms with Crippen LogP contribution in [0.15, 0.2) is 24.3 Å². The fourth-order valence-electron chi connectivity index (χ4n) is 1.92. The second-order valence-corrected chi connectivity index (χ2v) is 19.1. The van der Waals surface area contributed by atoms with Crippen molar-refractivity contribution in [3.63, 3.8) is 0 Å². The van der Waals surface area contributed by atoms with E-state index in [0.717, 1.165) is 6.54 Å². The van der Waals surface area contributed by atoms with Crippen LogP contribution in [0, 0.1) is 0 Å². The van der Waals surface area contributed by atoms with Crippen LogP contribution in [-0.4, -0.2) is 28.2 Å². The monoisotopic (exact) mass is 310 g/mol. The minimum absolute atomic E-state index is 0.961. The molecule has 0 saturated carbocycles. The summed E-state index contributed by atoms with van der Waals surface area (Å²) in [5.74, 6) is 0. The first-order chi connectivity index (χ1) is 7.04. The molecule has 0 bridgehead atoms. The molecule has 0 aliphatic carbocycles. The normalized spacial score (nSPS) is 12.3. The van der Waals surface area contributed by atoms with Crippen LogP contribution in [0.25, 0.3) is 10.9 Å². The topological polar surface area (TPSA) is 17.8 Å². The van der Waals surface area contributed by atoms with Crippen molar-refractivity contribution in [2.24, 2.45) is 0 Å². The van der Waals surface area contributed by atoms with Crippen LogP contribution in [0.3, 0.4) is 0 Å². The Labute approximate surface area is 95.2 Å².